The maximum absolute atomic E-state index is 12.3. The highest BCUT2D eigenvalue weighted by atomic mass is 35.5. The number of hydrogen-bond acceptors (Lipinski definition) is 3. The fraction of sp³-hybridized carbons (Fsp3) is 0.588. The summed E-state index contributed by atoms with van der Waals surface area (Å²) in [5, 5.41) is 0.735. The maximum Gasteiger partial charge on any atom is 0.410 e. The van der Waals surface area contributed by atoms with E-state index in [1.54, 1.807) is 4.90 Å². The molecule has 0 aliphatic carbocycles. The zero-order chi connectivity index (χ0) is 16.5. The van der Waals surface area contributed by atoms with Crippen molar-refractivity contribution in [2.24, 2.45) is 5.73 Å². The highest BCUT2D eigenvalue weighted by Gasteiger charge is 2.32. The topological polar surface area (TPSA) is 55.6 Å². The maximum atomic E-state index is 12.3. The number of carbonyl (C=O) groups is 1. The van der Waals surface area contributed by atoms with E-state index >= 15 is 0 Å². The van der Waals surface area contributed by atoms with Crippen molar-refractivity contribution in [1.29, 1.82) is 0 Å². The average Bonchev–Trinajstić information content (AvgIpc) is 2.40. The molecule has 1 aliphatic heterocycles. The van der Waals surface area contributed by atoms with Crippen LogP contribution in [0.5, 0.6) is 0 Å². The molecule has 22 heavy (non-hydrogen) atoms. The van der Waals surface area contributed by atoms with Crippen molar-refractivity contribution >= 4 is 17.7 Å². The van der Waals surface area contributed by atoms with E-state index in [2.05, 4.69) is 0 Å². The molecule has 1 aromatic carbocycles. The molecule has 2 atom stereocenters. The predicted octanol–water partition coefficient (Wildman–Crippen LogP) is 3.70. The third kappa shape index (κ3) is 4.14. The molecule has 0 aromatic heterocycles. The Morgan fingerprint density at radius 3 is 2.68 bits per heavy atom. The van der Waals surface area contributed by atoms with Crippen molar-refractivity contribution in [3.8, 4) is 0 Å². The molecule has 1 heterocycles. The van der Waals surface area contributed by atoms with Gasteiger partial charge in [-0.05, 0) is 51.3 Å². The molecule has 0 bridgehead atoms. The molecule has 0 spiro atoms. The van der Waals surface area contributed by atoms with Gasteiger partial charge in [0.2, 0.25) is 0 Å². The number of benzene rings is 1. The number of hydrogen-bond donors (Lipinski definition) is 1. The van der Waals surface area contributed by atoms with Gasteiger partial charge in [-0.3, -0.25) is 0 Å². The molecule has 2 rings (SSSR count). The number of nitrogens with zero attached hydrogens (tertiary/aromatic N) is 1. The second kappa shape index (κ2) is 6.47. The zero-order valence-corrected chi connectivity index (χ0v) is 14.5. The molecule has 0 saturated carbocycles. The van der Waals surface area contributed by atoms with Gasteiger partial charge in [-0.15, -0.1) is 0 Å². The van der Waals surface area contributed by atoms with Gasteiger partial charge in [0.25, 0.3) is 0 Å². The lowest BCUT2D eigenvalue weighted by Gasteiger charge is -2.37. The minimum atomic E-state index is -0.487. The van der Waals surface area contributed by atoms with E-state index in [4.69, 9.17) is 22.1 Å². The highest BCUT2D eigenvalue weighted by molar-refractivity contribution is 6.31. The van der Waals surface area contributed by atoms with E-state index in [-0.39, 0.29) is 18.1 Å². The molecule has 2 N–H and O–H groups in total. The summed E-state index contributed by atoms with van der Waals surface area (Å²) in [5.41, 5.74) is 7.90. The van der Waals surface area contributed by atoms with Crippen LogP contribution in [0, 0.1) is 6.92 Å². The summed E-state index contributed by atoms with van der Waals surface area (Å²) in [4.78, 5) is 14.0. The predicted molar refractivity (Wildman–Crippen MR) is 89.3 cm³/mol. The number of halogens is 1. The van der Waals surface area contributed by atoms with Crippen LogP contribution in [0.3, 0.4) is 0 Å². The van der Waals surface area contributed by atoms with Gasteiger partial charge in [0.1, 0.15) is 5.60 Å². The van der Waals surface area contributed by atoms with Gasteiger partial charge in [0, 0.05) is 30.1 Å². The summed E-state index contributed by atoms with van der Waals surface area (Å²) >= 11 is 6.22. The number of carbonyl (C=O) groups excluding carboxylic acids is 1. The number of amides is 1. The van der Waals surface area contributed by atoms with Crippen LogP contribution in [0.4, 0.5) is 4.79 Å². The Morgan fingerprint density at radius 2 is 2.09 bits per heavy atom. The summed E-state index contributed by atoms with van der Waals surface area (Å²) in [6.07, 6.45) is 0.484. The lowest BCUT2D eigenvalue weighted by molar-refractivity contribution is 0.0186. The Kier molecular flexibility index (Phi) is 5.03. The van der Waals surface area contributed by atoms with Crippen LogP contribution in [0.25, 0.3) is 0 Å². The molecule has 1 fully saturated rings. The molecule has 1 saturated heterocycles. The van der Waals surface area contributed by atoms with Crippen molar-refractivity contribution in [2.75, 3.05) is 13.1 Å². The summed E-state index contributed by atoms with van der Waals surface area (Å²) in [7, 11) is 0. The van der Waals surface area contributed by atoms with Crippen LogP contribution in [-0.2, 0) is 4.74 Å². The first kappa shape index (κ1) is 17.1. The van der Waals surface area contributed by atoms with Crippen molar-refractivity contribution in [2.45, 2.75) is 51.7 Å². The van der Waals surface area contributed by atoms with Gasteiger partial charge in [0.15, 0.2) is 0 Å². The van der Waals surface area contributed by atoms with Gasteiger partial charge in [-0.25, -0.2) is 4.79 Å². The summed E-state index contributed by atoms with van der Waals surface area (Å²) < 4.78 is 5.46. The van der Waals surface area contributed by atoms with E-state index in [1.165, 1.54) is 0 Å². The summed E-state index contributed by atoms with van der Waals surface area (Å²) in [6.45, 7) is 8.79. The second-order valence-electron chi connectivity index (χ2n) is 6.99. The van der Waals surface area contributed by atoms with E-state index < -0.39 is 5.60 Å². The van der Waals surface area contributed by atoms with Crippen molar-refractivity contribution in [3.63, 3.8) is 0 Å². The third-order valence-corrected chi connectivity index (χ3v) is 4.35. The molecule has 5 heteroatoms. The lowest BCUT2D eigenvalue weighted by Crippen LogP contribution is -2.49. The van der Waals surface area contributed by atoms with Gasteiger partial charge < -0.3 is 15.4 Å². The molecule has 1 aromatic rings. The number of ether oxygens (including phenoxy) is 1. The normalized spacial score (nSPS) is 22.5. The number of nitrogens with two attached hydrogens (primary N) is 1. The molecule has 1 amide bonds. The SMILES string of the molecule is Cc1ccc([C@@H]2CN(C(=O)OC(C)(C)C)CC[C@H]2N)cc1Cl. The Morgan fingerprint density at radius 1 is 1.41 bits per heavy atom. The molecular weight excluding hydrogens is 300 g/mol. The number of likely N-dealkylation sites (tertiary alicyclic amines) is 1. The van der Waals surface area contributed by atoms with Crippen LogP contribution < -0.4 is 5.73 Å². The van der Waals surface area contributed by atoms with Crippen molar-refractivity contribution in [1.82, 2.24) is 4.90 Å². The van der Waals surface area contributed by atoms with E-state index in [0.717, 1.165) is 22.6 Å². The third-order valence-electron chi connectivity index (χ3n) is 3.94. The Bertz CT molecular complexity index is 554. The van der Waals surface area contributed by atoms with E-state index in [1.807, 2.05) is 45.9 Å². The first-order valence-corrected chi connectivity index (χ1v) is 8.05. The molecular formula is C17H25ClN2O2. The fourth-order valence-corrected chi connectivity index (χ4v) is 2.84. The smallest absolute Gasteiger partial charge is 0.410 e. The summed E-state index contributed by atoms with van der Waals surface area (Å²) in [5.74, 6) is 0.0827. The summed E-state index contributed by atoms with van der Waals surface area (Å²) in [6, 6.07) is 6.03. The van der Waals surface area contributed by atoms with Gasteiger partial charge >= 0.3 is 6.09 Å². The van der Waals surface area contributed by atoms with Gasteiger partial charge in [-0.1, -0.05) is 23.7 Å². The number of aryl methyl sites for hydroxylation is 1. The van der Waals surface area contributed by atoms with Crippen LogP contribution in [-0.4, -0.2) is 35.7 Å². The van der Waals surface area contributed by atoms with E-state index in [0.29, 0.717) is 13.1 Å². The highest BCUT2D eigenvalue weighted by Crippen LogP contribution is 2.30. The molecule has 1 aliphatic rings. The van der Waals surface area contributed by atoms with Crippen LogP contribution >= 0.6 is 11.6 Å². The van der Waals surface area contributed by atoms with Crippen LogP contribution in [0.2, 0.25) is 5.02 Å². The average molecular weight is 325 g/mol. The molecule has 0 unspecified atom stereocenters. The first-order valence-electron chi connectivity index (χ1n) is 7.67. The first-order chi connectivity index (χ1) is 10.2. The molecule has 0 radical (unpaired) electrons. The van der Waals surface area contributed by atoms with Gasteiger partial charge in [-0.2, -0.15) is 0 Å². The van der Waals surface area contributed by atoms with Crippen LogP contribution in [0.15, 0.2) is 18.2 Å². The Balaban J connectivity index is 2.14. The van der Waals surface area contributed by atoms with Crippen LogP contribution in [0.1, 0.15) is 44.2 Å². The van der Waals surface area contributed by atoms with E-state index in [9.17, 15) is 4.79 Å². The molecule has 122 valence electrons. The fourth-order valence-electron chi connectivity index (χ4n) is 2.65. The zero-order valence-electron chi connectivity index (χ0n) is 13.7. The number of rotatable bonds is 1. The second-order valence-corrected chi connectivity index (χ2v) is 7.40. The largest absolute Gasteiger partial charge is 0.444 e. The van der Waals surface area contributed by atoms with Crippen molar-refractivity contribution in [3.05, 3.63) is 34.3 Å². The Hall–Kier alpha value is -1.26. The van der Waals surface area contributed by atoms with Gasteiger partial charge in [0.05, 0.1) is 0 Å². The quantitative estimate of drug-likeness (QED) is 0.857. The number of piperidine rings is 1. The van der Waals surface area contributed by atoms with Crippen molar-refractivity contribution < 1.29 is 9.53 Å². The standard InChI is InChI=1S/C17H25ClN2O2/c1-11-5-6-12(9-14(11)18)13-10-20(8-7-15(13)19)16(21)22-17(2,3)4/h5-6,9,13,15H,7-8,10,19H2,1-4H3/t13-,15+/m0/s1. The molecule has 4 nitrogen and oxygen atoms in total. The minimum absolute atomic E-state index is 0.0254. The minimum Gasteiger partial charge on any atom is -0.444 e. The monoisotopic (exact) mass is 324 g/mol. The lowest BCUT2D eigenvalue weighted by atomic mass is 9.86. The Labute approximate surface area is 137 Å².